The molecule has 86 valence electrons. The monoisotopic (exact) mass is 221 g/mol. The summed E-state index contributed by atoms with van der Waals surface area (Å²) in [5.74, 6) is -1.05. The van der Waals surface area contributed by atoms with Crippen molar-refractivity contribution in [2.24, 2.45) is 0 Å². The molecule has 0 aromatic carbocycles. The summed E-state index contributed by atoms with van der Waals surface area (Å²) in [5.41, 5.74) is 0. The predicted octanol–water partition coefficient (Wildman–Crippen LogP) is 0.804. The Hall–Kier alpha value is -1.20. The number of rotatable bonds is 3. The zero-order valence-electron chi connectivity index (χ0n) is 8.57. The highest BCUT2D eigenvalue weighted by molar-refractivity contribution is 5.88. The molecule has 0 saturated carbocycles. The van der Waals surface area contributed by atoms with Gasteiger partial charge in [0, 0.05) is 6.42 Å². The summed E-state index contributed by atoms with van der Waals surface area (Å²) in [6.07, 6.45) is -2.28. The Morgan fingerprint density at radius 3 is 2.67 bits per heavy atom. The van der Waals surface area contributed by atoms with Crippen LogP contribution in [0.3, 0.4) is 0 Å². The lowest BCUT2D eigenvalue weighted by Gasteiger charge is -2.28. The van der Waals surface area contributed by atoms with E-state index < -0.39 is 30.4 Å². The average molecular weight is 221 g/mol. The fraction of sp³-hybridized carbons (Fsp3) is 0.778. The second-order valence-electron chi connectivity index (χ2n) is 3.45. The van der Waals surface area contributed by atoms with Crippen molar-refractivity contribution < 1.29 is 23.1 Å². The molecule has 0 aromatic rings. The van der Waals surface area contributed by atoms with Gasteiger partial charge in [-0.2, -0.15) is 0 Å². The van der Waals surface area contributed by atoms with Crippen LogP contribution in [-0.4, -0.2) is 42.4 Å². The largest absolute Gasteiger partial charge is 0.467 e. The van der Waals surface area contributed by atoms with Gasteiger partial charge in [0.15, 0.2) is 0 Å². The van der Waals surface area contributed by atoms with Crippen LogP contribution in [0.1, 0.15) is 19.8 Å². The third kappa shape index (κ3) is 2.24. The highest BCUT2D eigenvalue weighted by atomic mass is 19.3. The molecule has 15 heavy (non-hydrogen) atoms. The molecule has 1 amide bonds. The first-order chi connectivity index (χ1) is 6.99. The second-order valence-corrected chi connectivity index (χ2v) is 3.45. The molecule has 0 aromatic heterocycles. The van der Waals surface area contributed by atoms with Gasteiger partial charge in [-0.25, -0.2) is 13.6 Å². The number of carbonyl (C=O) groups is 2. The van der Waals surface area contributed by atoms with Gasteiger partial charge < -0.3 is 9.64 Å². The summed E-state index contributed by atoms with van der Waals surface area (Å²) in [6, 6.07) is -2.10. The van der Waals surface area contributed by atoms with Crippen LogP contribution in [0.15, 0.2) is 0 Å². The van der Waals surface area contributed by atoms with Crippen LogP contribution in [-0.2, 0) is 14.3 Å². The molecule has 0 aliphatic carbocycles. The third-order valence-electron chi connectivity index (χ3n) is 2.53. The first-order valence-electron chi connectivity index (χ1n) is 4.66. The Kier molecular flexibility index (Phi) is 3.60. The van der Waals surface area contributed by atoms with Crippen molar-refractivity contribution in [1.29, 1.82) is 0 Å². The van der Waals surface area contributed by atoms with E-state index in [0.717, 1.165) is 4.90 Å². The zero-order chi connectivity index (χ0) is 11.6. The van der Waals surface area contributed by atoms with E-state index in [1.165, 1.54) is 14.0 Å². The van der Waals surface area contributed by atoms with E-state index in [1.807, 2.05) is 0 Å². The Morgan fingerprint density at radius 2 is 2.20 bits per heavy atom. The summed E-state index contributed by atoms with van der Waals surface area (Å²) in [6.45, 7) is 1.23. The predicted molar refractivity (Wildman–Crippen MR) is 47.4 cm³/mol. The van der Waals surface area contributed by atoms with Gasteiger partial charge in [0.2, 0.25) is 5.91 Å². The Bertz CT molecular complexity index is 270. The molecule has 0 radical (unpaired) electrons. The molecule has 0 bridgehead atoms. The van der Waals surface area contributed by atoms with E-state index in [2.05, 4.69) is 4.74 Å². The molecular weight excluding hydrogens is 208 g/mol. The SMILES string of the molecule is COC(=O)C1CCC(=O)N1C(C)C(F)F. The van der Waals surface area contributed by atoms with Gasteiger partial charge in [0.1, 0.15) is 6.04 Å². The fourth-order valence-electron chi connectivity index (χ4n) is 1.70. The van der Waals surface area contributed by atoms with Gasteiger partial charge in [-0.1, -0.05) is 0 Å². The van der Waals surface area contributed by atoms with Crippen LogP contribution in [0, 0.1) is 0 Å². The molecule has 0 N–H and O–H groups in total. The minimum Gasteiger partial charge on any atom is -0.467 e. The quantitative estimate of drug-likeness (QED) is 0.662. The topological polar surface area (TPSA) is 46.6 Å². The highest BCUT2D eigenvalue weighted by Gasteiger charge is 2.42. The summed E-state index contributed by atoms with van der Waals surface area (Å²) in [4.78, 5) is 23.5. The lowest BCUT2D eigenvalue weighted by atomic mass is 10.2. The minimum absolute atomic E-state index is 0.122. The van der Waals surface area contributed by atoms with Gasteiger partial charge in [-0.05, 0) is 13.3 Å². The minimum atomic E-state index is -2.65. The third-order valence-corrected chi connectivity index (χ3v) is 2.53. The molecule has 1 aliphatic rings. The van der Waals surface area contributed by atoms with Gasteiger partial charge in [-0.15, -0.1) is 0 Å². The van der Waals surface area contributed by atoms with Crippen molar-refractivity contribution in [3.05, 3.63) is 0 Å². The van der Waals surface area contributed by atoms with Crippen LogP contribution in [0.4, 0.5) is 8.78 Å². The number of halogens is 2. The van der Waals surface area contributed by atoms with Crippen molar-refractivity contribution in [1.82, 2.24) is 4.90 Å². The summed E-state index contributed by atoms with van der Waals surface area (Å²) >= 11 is 0. The second kappa shape index (κ2) is 4.55. The standard InChI is InChI=1S/C9H13F2NO3/c1-5(8(10)11)12-6(9(14)15-2)3-4-7(12)13/h5-6,8H,3-4H2,1-2H3. The van der Waals surface area contributed by atoms with E-state index >= 15 is 0 Å². The van der Waals surface area contributed by atoms with Gasteiger partial charge in [0.25, 0.3) is 6.43 Å². The smallest absolute Gasteiger partial charge is 0.328 e. The number of hydrogen-bond donors (Lipinski definition) is 0. The average Bonchev–Trinajstić information content (AvgIpc) is 2.57. The van der Waals surface area contributed by atoms with E-state index in [-0.39, 0.29) is 12.8 Å². The van der Waals surface area contributed by atoms with Gasteiger partial charge in [-0.3, -0.25) is 4.79 Å². The Labute approximate surface area is 86.2 Å². The Balaban J connectivity index is 2.81. The van der Waals surface area contributed by atoms with Crippen molar-refractivity contribution in [3.63, 3.8) is 0 Å². The molecule has 0 spiro atoms. The number of methoxy groups -OCH3 is 1. The molecule has 1 fully saturated rings. The number of nitrogens with zero attached hydrogens (tertiary/aromatic N) is 1. The lowest BCUT2D eigenvalue weighted by Crippen LogP contribution is -2.47. The van der Waals surface area contributed by atoms with Crippen LogP contribution in [0.2, 0.25) is 0 Å². The van der Waals surface area contributed by atoms with Crippen LogP contribution in [0.25, 0.3) is 0 Å². The van der Waals surface area contributed by atoms with E-state index in [4.69, 9.17) is 0 Å². The van der Waals surface area contributed by atoms with E-state index in [9.17, 15) is 18.4 Å². The number of carbonyl (C=O) groups excluding carboxylic acids is 2. The zero-order valence-corrected chi connectivity index (χ0v) is 8.57. The fourth-order valence-corrected chi connectivity index (χ4v) is 1.70. The molecule has 1 aliphatic heterocycles. The maximum Gasteiger partial charge on any atom is 0.328 e. The number of esters is 1. The van der Waals surface area contributed by atoms with Crippen molar-refractivity contribution >= 4 is 11.9 Å². The first-order valence-corrected chi connectivity index (χ1v) is 4.66. The normalized spacial score (nSPS) is 23.4. The molecule has 1 rings (SSSR count). The molecule has 1 heterocycles. The van der Waals surface area contributed by atoms with E-state index in [1.54, 1.807) is 0 Å². The van der Waals surface area contributed by atoms with Crippen molar-refractivity contribution in [2.75, 3.05) is 7.11 Å². The molecular formula is C9H13F2NO3. The summed E-state index contributed by atoms with van der Waals surface area (Å²) in [7, 11) is 1.18. The molecule has 1 saturated heterocycles. The molecule has 2 atom stereocenters. The maximum atomic E-state index is 12.4. The van der Waals surface area contributed by atoms with E-state index in [0.29, 0.717) is 0 Å². The lowest BCUT2D eigenvalue weighted by molar-refractivity contribution is -0.152. The van der Waals surface area contributed by atoms with Gasteiger partial charge in [0.05, 0.1) is 13.2 Å². The number of amides is 1. The summed E-state index contributed by atoms with van der Waals surface area (Å²) < 4.78 is 29.4. The molecule has 2 unspecified atom stereocenters. The number of likely N-dealkylation sites (tertiary alicyclic amines) is 1. The summed E-state index contributed by atoms with van der Waals surface area (Å²) in [5, 5.41) is 0. The van der Waals surface area contributed by atoms with Crippen LogP contribution < -0.4 is 0 Å². The number of alkyl halides is 2. The van der Waals surface area contributed by atoms with Gasteiger partial charge >= 0.3 is 5.97 Å². The number of ether oxygens (including phenoxy) is 1. The maximum absolute atomic E-state index is 12.4. The van der Waals surface area contributed by atoms with Crippen LogP contribution >= 0.6 is 0 Å². The van der Waals surface area contributed by atoms with Crippen molar-refractivity contribution in [2.45, 2.75) is 38.3 Å². The first kappa shape index (κ1) is 11.9. The van der Waals surface area contributed by atoms with Crippen LogP contribution in [0.5, 0.6) is 0 Å². The molecule has 4 nitrogen and oxygen atoms in total. The number of hydrogen-bond acceptors (Lipinski definition) is 3. The van der Waals surface area contributed by atoms with Crippen molar-refractivity contribution in [3.8, 4) is 0 Å². The Morgan fingerprint density at radius 1 is 1.60 bits per heavy atom. The molecule has 6 heteroatoms. The highest BCUT2D eigenvalue weighted by Crippen LogP contribution is 2.25.